The summed E-state index contributed by atoms with van der Waals surface area (Å²) >= 11 is 0. The first-order valence-corrected chi connectivity index (χ1v) is 16.9. The molecule has 0 radical (unpaired) electrons. The lowest BCUT2D eigenvalue weighted by Gasteiger charge is -2.39. The van der Waals surface area contributed by atoms with Crippen LogP contribution < -0.4 is 10.1 Å². The molecule has 46 heavy (non-hydrogen) atoms. The number of rotatable bonds is 11. The van der Waals surface area contributed by atoms with E-state index in [1.807, 2.05) is 54.6 Å². The molecule has 1 saturated heterocycles. The second-order valence-corrected chi connectivity index (χ2v) is 13.2. The van der Waals surface area contributed by atoms with E-state index in [4.69, 9.17) is 4.74 Å². The Morgan fingerprint density at radius 3 is 1.78 bits per heavy atom. The van der Waals surface area contributed by atoms with Gasteiger partial charge in [-0.3, -0.25) is 9.69 Å². The Hall–Kier alpha value is -4.76. The number of hydrogen-bond donors (Lipinski definition) is 1. The van der Waals surface area contributed by atoms with Crippen LogP contribution in [0.3, 0.4) is 0 Å². The van der Waals surface area contributed by atoms with Crippen LogP contribution in [0.1, 0.15) is 33.1 Å². The van der Waals surface area contributed by atoms with Gasteiger partial charge in [-0.1, -0.05) is 91.0 Å². The van der Waals surface area contributed by atoms with Gasteiger partial charge < -0.3 is 10.1 Å². The summed E-state index contributed by atoms with van der Waals surface area (Å²) in [5.74, 6) is 0.410. The minimum absolute atomic E-state index is 0.0542. The molecule has 1 fully saturated rings. The van der Waals surface area contributed by atoms with Gasteiger partial charge in [0.25, 0.3) is 5.91 Å². The van der Waals surface area contributed by atoms with Crippen molar-refractivity contribution in [2.24, 2.45) is 0 Å². The van der Waals surface area contributed by atoms with Crippen molar-refractivity contribution in [3.8, 4) is 5.75 Å². The smallest absolute Gasteiger partial charge is 0.255 e. The van der Waals surface area contributed by atoms with Crippen molar-refractivity contribution in [1.82, 2.24) is 9.21 Å². The summed E-state index contributed by atoms with van der Waals surface area (Å²) in [7, 11) is -3.69. The molecular weight excluding hydrogens is 595 g/mol. The molecule has 0 unspecified atom stereocenters. The maximum atomic E-state index is 13.6. The molecular formula is C38H37N3O4S. The Bertz CT molecular complexity index is 1770. The summed E-state index contributed by atoms with van der Waals surface area (Å²) in [4.78, 5) is 15.4. The number of piperazine rings is 1. The summed E-state index contributed by atoms with van der Waals surface area (Å²) in [6.07, 6.45) is 0.800. The van der Waals surface area contributed by atoms with Crippen molar-refractivity contribution in [1.29, 1.82) is 0 Å². The van der Waals surface area contributed by atoms with Crippen molar-refractivity contribution in [2.75, 3.05) is 38.1 Å². The highest BCUT2D eigenvalue weighted by atomic mass is 32.2. The standard InChI is InChI=1S/C38H37N3O4S/c42-38(33-16-20-35(21-17-33)45-29-24-30-10-4-1-5-11-30)39-34-18-22-36(23-19-34)46(43,44)41-27-25-40(26-28-41)37(31-12-6-2-7-13-31)32-14-8-3-9-15-32/h1-23,37H,24-29H2,(H,39,42). The zero-order valence-corrected chi connectivity index (χ0v) is 26.4. The number of sulfonamides is 1. The summed E-state index contributed by atoms with van der Waals surface area (Å²) in [5.41, 5.74) is 4.58. The van der Waals surface area contributed by atoms with Gasteiger partial charge in [-0.2, -0.15) is 4.31 Å². The summed E-state index contributed by atoms with van der Waals surface area (Å²) in [6.45, 7) is 2.55. The minimum atomic E-state index is -3.69. The molecule has 0 aromatic heterocycles. The maximum Gasteiger partial charge on any atom is 0.255 e. The van der Waals surface area contributed by atoms with Gasteiger partial charge in [0.2, 0.25) is 10.0 Å². The molecule has 5 aromatic rings. The van der Waals surface area contributed by atoms with Gasteiger partial charge in [-0.25, -0.2) is 8.42 Å². The van der Waals surface area contributed by atoms with E-state index in [0.717, 1.165) is 6.42 Å². The van der Waals surface area contributed by atoms with Crippen LogP contribution in [-0.4, -0.2) is 56.3 Å². The fraction of sp³-hybridized carbons (Fsp3) is 0.184. The van der Waals surface area contributed by atoms with Crippen molar-refractivity contribution >= 4 is 21.6 Å². The van der Waals surface area contributed by atoms with Crippen LogP contribution in [0.15, 0.2) is 144 Å². The fourth-order valence-electron chi connectivity index (χ4n) is 5.78. The third-order valence-electron chi connectivity index (χ3n) is 8.24. The molecule has 0 saturated carbocycles. The number of anilines is 1. The van der Waals surface area contributed by atoms with E-state index in [1.165, 1.54) is 16.7 Å². The van der Waals surface area contributed by atoms with Gasteiger partial charge >= 0.3 is 0 Å². The molecule has 6 rings (SSSR count). The lowest BCUT2D eigenvalue weighted by atomic mass is 9.96. The number of nitrogens with one attached hydrogen (secondary N) is 1. The number of benzene rings is 5. The van der Waals surface area contributed by atoms with Gasteiger partial charge in [0, 0.05) is 43.9 Å². The highest BCUT2D eigenvalue weighted by molar-refractivity contribution is 7.89. The molecule has 1 N–H and O–H groups in total. The highest BCUT2D eigenvalue weighted by Crippen LogP contribution is 2.30. The average molecular weight is 632 g/mol. The first kappa shape index (κ1) is 31.2. The Kier molecular flexibility index (Phi) is 9.88. The molecule has 1 aliphatic rings. The number of nitrogens with zero attached hydrogens (tertiary/aromatic N) is 2. The number of carbonyl (C=O) groups excluding carboxylic acids is 1. The largest absolute Gasteiger partial charge is 0.493 e. The molecule has 0 aliphatic carbocycles. The van der Waals surface area contributed by atoms with Crippen molar-refractivity contribution in [3.63, 3.8) is 0 Å². The van der Waals surface area contributed by atoms with Crippen LogP contribution >= 0.6 is 0 Å². The summed E-state index contributed by atoms with van der Waals surface area (Å²) in [6, 6.07) is 44.2. The first-order chi connectivity index (χ1) is 22.5. The molecule has 7 nitrogen and oxygen atoms in total. The molecule has 1 heterocycles. The minimum Gasteiger partial charge on any atom is -0.493 e. The molecule has 1 amide bonds. The quantitative estimate of drug-likeness (QED) is 0.177. The van der Waals surface area contributed by atoms with Crippen LogP contribution in [-0.2, 0) is 16.4 Å². The third-order valence-corrected chi connectivity index (χ3v) is 10.2. The number of amides is 1. The maximum absolute atomic E-state index is 13.6. The SMILES string of the molecule is O=C(Nc1ccc(S(=O)(=O)N2CCN(C(c3ccccc3)c3ccccc3)CC2)cc1)c1ccc(OCCc2ccccc2)cc1. The van der Waals surface area contributed by atoms with Crippen LogP contribution in [0.25, 0.3) is 0 Å². The van der Waals surface area contributed by atoms with E-state index in [2.05, 4.69) is 46.6 Å². The van der Waals surface area contributed by atoms with Gasteiger partial charge in [-0.15, -0.1) is 0 Å². The summed E-state index contributed by atoms with van der Waals surface area (Å²) in [5, 5.41) is 2.86. The molecule has 5 aromatic carbocycles. The summed E-state index contributed by atoms with van der Waals surface area (Å²) < 4.78 is 34.5. The first-order valence-electron chi connectivity index (χ1n) is 15.5. The van der Waals surface area contributed by atoms with Crippen LogP contribution in [0, 0.1) is 0 Å². The van der Waals surface area contributed by atoms with E-state index in [0.29, 0.717) is 49.8 Å². The highest BCUT2D eigenvalue weighted by Gasteiger charge is 2.32. The second kappa shape index (κ2) is 14.6. The zero-order valence-electron chi connectivity index (χ0n) is 25.5. The van der Waals surface area contributed by atoms with Crippen LogP contribution in [0.2, 0.25) is 0 Å². The molecule has 0 atom stereocenters. The lowest BCUT2D eigenvalue weighted by molar-refractivity contribution is 0.102. The Morgan fingerprint density at radius 2 is 1.22 bits per heavy atom. The van der Waals surface area contributed by atoms with Crippen molar-refractivity contribution in [3.05, 3.63) is 162 Å². The Morgan fingerprint density at radius 1 is 0.674 bits per heavy atom. The molecule has 1 aliphatic heterocycles. The van der Waals surface area contributed by atoms with E-state index >= 15 is 0 Å². The lowest BCUT2D eigenvalue weighted by Crippen LogP contribution is -2.49. The predicted octanol–water partition coefficient (Wildman–Crippen LogP) is 6.66. The van der Waals surface area contributed by atoms with Crippen molar-refractivity contribution < 1.29 is 17.9 Å². The molecule has 0 bridgehead atoms. The van der Waals surface area contributed by atoms with E-state index < -0.39 is 10.0 Å². The fourth-order valence-corrected chi connectivity index (χ4v) is 7.21. The topological polar surface area (TPSA) is 79.0 Å². The van der Waals surface area contributed by atoms with E-state index in [9.17, 15) is 13.2 Å². The van der Waals surface area contributed by atoms with Crippen LogP contribution in [0.4, 0.5) is 5.69 Å². The normalized spacial score (nSPS) is 14.2. The average Bonchev–Trinajstić information content (AvgIpc) is 3.11. The Labute approximate surface area is 271 Å². The third kappa shape index (κ3) is 7.54. The molecule has 234 valence electrons. The molecule has 8 heteroatoms. The van der Waals surface area contributed by atoms with E-state index in [-0.39, 0.29) is 16.8 Å². The Balaban J connectivity index is 1.03. The molecule has 0 spiro atoms. The van der Waals surface area contributed by atoms with Gasteiger partial charge in [0.05, 0.1) is 17.5 Å². The second-order valence-electron chi connectivity index (χ2n) is 11.3. The van der Waals surface area contributed by atoms with Gasteiger partial charge in [0.1, 0.15) is 5.75 Å². The zero-order chi connectivity index (χ0) is 31.8. The number of ether oxygens (including phenoxy) is 1. The van der Waals surface area contributed by atoms with Gasteiger partial charge in [-0.05, 0) is 65.2 Å². The monoisotopic (exact) mass is 631 g/mol. The van der Waals surface area contributed by atoms with Gasteiger partial charge in [0.15, 0.2) is 0 Å². The van der Waals surface area contributed by atoms with Crippen molar-refractivity contribution in [2.45, 2.75) is 17.4 Å². The number of hydrogen-bond acceptors (Lipinski definition) is 5. The van der Waals surface area contributed by atoms with Crippen LogP contribution in [0.5, 0.6) is 5.75 Å². The predicted molar refractivity (Wildman–Crippen MR) is 182 cm³/mol. The van der Waals surface area contributed by atoms with E-state index in [1.54, 1.807) is 52.8 Å². The number of carbonyl (C=O) groups is 1.